The quantitative estimate of drug-likeness (QED) is 0.250. The van der Waals surface area contributed by atoms with E-state index in [9.17, 15) is 57.9 Å². The maximum Gasteiger partial charge on any atom is 0.435 e. The minimum Gasteiger partial charge on any atom is -0.320 e. The monoisotopic (exact) mass is 702 g/mol. The van der Waals surface area contributed by atoms with E-state index >= 15 is 0 Å². The van der Waals surface area contributed by atoms with Gasteiger partial charge in [0.1, 0.15) is 5.82 Å². The second-order valence-electron chi connectivity index (χ2n) is 9.88. The Morgan fingerprint density at radius 1 is 0.841 bits per heavy atom. The summed E-state index contributed by atoms with van der Waals surface area (Å²) in [7, 11) is 0. The van der Waals surface area contributed by atoms with Crippen molar-refractivity contribution in [3.63, 3.8) is 0 Å². The number of anilines is 2. The van der Waals surface area contributed by atoms with E-state index < -0.39 is 69.2 Å². The zero-order valence-corrected chi connectivity index (χ0v) is 23.4. The Morgan fingerprint density at radius 3 is 2.00 bits per heavy atom. The fourth-order valence-corrected chi connectivity index (χ4v) is 4.85. The summed E-state index contributed by atoms with van der Waals surface area (Å²) in [6.07, 6.45) is -17.5. The third kappa shape index (κ3) is 6.54. The molecular weight excluding hydrogens is 685 g/mol. The summed E-state index contributed by atoms with van der Waals surface area (Å²) in [6, 6.07) is 9.07. The van der Waals surface area contributed by atoms with Crippen molar-refractivity contribution < 1.29 is 57.9 Å². The predicted molar refractivity (Wildman–Crippen MR) is 139 cm³/mol. The highest BCUT2D eigenvalue weighted by molar-refractivity contribution is 9.10. The molecule has 1 fully saturated rings. The first-order valence-corrected chi connectivity index (χ1v) is 13.3. The van der Waals surface area contributed by atoms with Crippen LogP contribution in [0, 0.1) is 11.7 Å². The van der Waals surface area contributed by atoms with E-state index in [1.54, 1.807) is 5.32 Å². The molecule has 0 saturated heterocycles. The van der Waals surface area contributed by atoms with Crippen molar-refractivity contribution in [1.29, 1.82) is 0 Å². The van der Waals surface area contributed by atoms with Crippen molar-refractivity contribution in [1.82, 2.24) is 0 Å². The Kier molecular flexibility index (Phi) is 8.81. The molecule has 3 aromatic carbocycles. The molecule has 0 spiro atoms. The molecule has 0 atom stereocenters. The minimum absolute atomic E-state index is 0.0563. The predicted octanol–water partition coefficient (Wildman–Crippen LogP) is 9.21. The van der Waals surface area contributed by atoms with Crippen LogP contribution in [0.2, 0.25) is 0 Å². The second-order valence-corrected chi connectivity index (χ2v) is 10.7. The van der Waals surface area contributed by atoms with Crippen LogP contribution in [0.3, 0.4) is 0 Å². The van der Waals surface area contributed by atoms with Crippen molar-refractivity contribution >= 4 is 39.1 Å². The molecule has 1 aliphatic carbocycles. The van der Waals surface area contributed by atoms with E-state index in [1.165, 1.54) is 35.2 Å². The third-order valence-corrected chi connectivity index (χ3v) is 7.35. The normalized spacial score (nSPS) is 14.4. The molecule has 4 nitrogen and oxygen atoms in total. The van der Waals surface area contributed by atoms with Gasteiger partial charge in [-0.25, -0.2) is 8.78 Å². The van der Waals surface area contributed by atoms with Gasteiger partial charge < -0.3 is 10.2 Å². The lowest BCUT2D eigenvalue weighted by Gasteiger charge is -2.31. The first-order chi connectivity index (χ1) is 20.3. The fraction of sp³-hybridized carbons (Fsp3) is 0.286. The van der Waals surface area contributed by atoms with Crippen LogP contribution >= 0.6 is 15.9 Å². The highest BCUT2D eigenvalue weighted by atomic mass is 79.9. The summed E-state index contributed by atoms with van der Waals surface area (Å²) < 4.78 is 149. The molecule has 0 bridgehead atoms. The van der Waals surface area contributed by atoms with Crippen molar-refractivity contribution in [3.8, 4) is 0 Å². The lowest BCUT2D eigenvalue weighted by Crippen LogP contribution is -2.50. The van der Waals surface area contributed by atoms with Crippen molar-refractivity contribution in [2.24, 2.45) is 5.92 Å². The number of rotatable bonds is 7. The van der Waals surface area contributed by atoms with E-state index in [0.717, 1.165) is 31.0 Å². The Balaban J connectivity index is 1.73. The van der Waals surface area contributed by atoms with Gasteiger partial charge in [0.25, 0.3) is 11.8 Å². The average molecular weight is 703 g/mol. The van der Waals surface area contributed by atoms with Gasteiger partial charge in [-0.2, -0.15) is 39.5 Å². The summed E-state index contributed by atoms with van der Waals surface area (Å²) in [5, 5.41) is 1.79. The fourth-order valence-electron chi connectivity index (χ4n) is 4.29. The Hall–Kier alpha value is -3.69. The topological polar surface area (TPSA) is 49.4 Å². The molecule has 44 heavy (non-hydrogen) atoms. The summed E-state index contributed by atoms with van der Waals surface area (Å²) in [5.74, 6) is -2.85. The van der Waals surface area contributed by atoms with Gasteiger partial charge in [0.2, 0.25) is 0 Å². The number of nitrogens with zero attached hydrogens (tertiary/aromatic N) is 1. The third-order valence-electron chi connectivity index (χ3n) is 6.72. The highest BCUT2D eigenvalue weighted by Gasteiger charge is 2.73. The second kappa shape index (κ2) is 11.7. The lowest BCUT2D eigenvalue weighted by molar-refractivity contribution is -0.348. The number of nitrogens with one attached hydrogen (secondary N) is 1. The van der Waals surface area contributed by atoms with Crippen LogP contribution in [-0.4, -0.2) is 30.7 Å². The van der Waals surface area contributed by atoms with Gasteiger partial charge in [-0.05, 0) is 77.2 Å². The van der Waals surface area contributed by atoms with E-state index in [0.29, 0.717) is 0 Å². The average Bonchev–Trinajstić information content (AvgIpc) is 3.74. The molecule has 2 amide bonds. The molecule has 0 unspecified atom stereocenters. The van der Waals surface area contributed by atoms with E-state index in [4.69, 9.17) is 0 Å². The molecule has 0 aromatic heterocycles. The number of alkyl halides is 10. The van der Waals surface area contributed by atoms with Crippen LogP contribution in [0.25, 0.3) is 0 Å². The summed E-state index contributed by atoms with van der Waals surface area (Å²) in [5.41, 5.74) is -12.7. The molecule has 0 radical (unpaired) electrons. The van der Waals surface area contributed by atoms with Gasteiger partial charge in [0.05, 0.1) is 16.8 Å². The molecule has 1 saturated carbocycles. The van der Waals surface area contributed by atoms with Gasteiger partial charge in [-0.15, -0.1) is 0 Å². The molecule has 16 heteroatoms. The number of carbonyl (C=O) groups excluding carboxylic acids is 2. The molecular formula is C28H18BrF11N2O2. The number of hydrogen-bond donors (Lipinski definition) is 1. The van der Waals surface area contributed by atoms with Gasteiger partial charge >= 0.3 is 24.2 Å². The van der Waals surface area contributed by atoms with Crippen LogP contribution in [0.5, 0.6) is 0 Å². The van der Waals surface area contributed by atoms with Crippen LogP contribution < -0.4 is 10.2 Å². The van der Waals surface area contributed by atoms with E-state index in [1.807, 2.05) is 0 Å². The molecule has 3 aromatic rings. The number of hydrogen-bond acceptors (Lipinski definition) is 2. The Labute approximate surface area is 250 Å². The standard InChI is InChI=1S/C28H18BrF11N2O2/c29-20-12-16(25(31,27(35,36)37)28(38,39)40)11-19(26(32,33)34)22(20)41-23(43)15-4-3-5-17(10-15)42(13-14-8-9-14)24(44)18-6-1-2-7-21(18)30/h1-7,10-12,14H,8-9,13H2,(H,41,43). The van der Waals surface area contributed by atoms with Crippen molar-refractivity contribution in [2.75, 3.05) is 16.8 Å². The number of carbonyl (C=O) groups is 2. The Bertz CT molecular complexity index is 1570. The number of amides is 2. The zero-order valence-electron chi connectivity index (χ0n) is 21.8. The minimum atomic E-state index is -6.69. The van der Waals surface area contributed by atoms with Crippen LogP contribution in [0.4, 0.5) is 59.7 Å². The highest BCUT2D eigenvalue weighted by Crippen LogP contribution is 2.55. The van der Waals surface area contributed by atoms with Gasteiger partial charge in [0, 0.05) is 27.8 Å². The van der Waals surface area contributed by atoms with Crippen molar-refractivity contribution in [3.05, 3.63) is 93.2 Å². The van der Waals surface area contributed by atoms with Crippen LogP contribution in [0.1, 0.15) is 44.7 Å². The summed E-state index contributed by atoms with van der Waals surface area (Å²) in [6.45, 7) is 0.118. The molecule has 0 heterocycles. The summed E-state index contributed by atoms with van der Waals surface area (Å²) >= 11 is 2.44. The molecule has 4 rings (SSSR count). The Morgan fingerprint density at radius 2 is 1.45 bits per heavy atom. The SMILES string of the molecule is O=C(Nc1c(Br)cc(C(F)(C(F)(F)F)C(F)(F)F)cc1C(F)(F)F)c1cccc(N(CC2CC2)C(=O)c2ccccc2F)c1. The molecule has 0 aliphatic heterocycles. The van der Waals surface area contributed by atoms with Crippen LogP contribution in [0.15, 0.2) is 65.1 Å². The molecule has 1 N–H and O–H groups in total. The lowest BCUT2D eigenvalue weighted by atomic mass is 9.92. The molecule has 1 aliphatic rings. The van der Waals surface area contributed by atoms with Gasteiger partial charge in [-0.3, -0.25) is 9.59 Å². The number of benzene rings is 3. The zero-order chi connectivity index (χ0) is 32.8. The first-order valence-electron chi connectivity index (χ1n) is 12.5. The van der Waals surface area contributed by atoms with Gasteiger partial charge in [-0.1, -0.05) is 18.2 Å². The van der Waals surface area contributed by atoms with Crippen molar-refractivity contribution in [2.45, 2.75) is 37.0 Å². The van der Waals surface area contributed by atoms with Crippen LogP contribution in [-0.2, 0) is 11.8 Å². The summed E-state index contributed by atoms with van der Waals surface area (Å²) in [4.78, 5) is 27.4. The first kappa shape index (κ1) is 33.2. The van der Waals surface area contributed by atoms with E-state index in [2.05, 4.69) is 15.9 Å². The number of halogens is 12. The smallest absolute Gasteiger partial charge is 0.320 e. The maximum absolute atomic E-state index is 14.6. The largest absolute Gasteiger partial charge is 0.435 e. The van der Waals surface area contributed by atoms with E-state index in [-0.39, 0.29) is 35.3 Å². The van der Waals surface area contributed by atoms with Gasteiger partial charge in [0.15, 0.2) is 0 Å². The maximum atomic E-state index is 14.6. The molecule has 236 valence electrons.